The van der Waals surface area contributed by atoms with Crippen molar-refractivity contribution in [2.24, 2.45) is 0 Å². The molecule has 1 fully saturated rings. The van der Waals surface area contributed by atoms with Gasteiger partial charge in [0.1, 0.15) is 0 Å². The Kier molecular flexibility index (Phi) is 6.96. The van der Waals surface area contributed by atoms with Gasteiger partial charge >= 0.3 is 0 Å². The molecule has 96 valence electrons. The van der Waals surface area contributed by atoms with Crippen molar-refractivity contribution in [3.05, 3.63) is 0 Å². The van der Waals surface area contributed by atoms with Gasteiger partial charge in [-0.3, -0.25) is 4.90 Å². The number of nitrogens with zero attached hydrogens (tertiary/aromatic N) is 1. The van der Waals surface area contributed by atoms with Crippen LogP contribution in [0, 0.1) is 0 Å². The first kappa shape index (κ1) is 13.9. The summed E-state index contributed by atoms with van der Waals surface area (Å²) in [4.78, 5) is 2.53. The van der Waals surface area contributed by atoms with Gasteiger partial charge < -0.3 is 15.2 Å². The number of aliphatic hydroxyl groups excluding tert-OH is 1. The average molecular weight is 230 g/mol. The second kappa shape index (κ2) is 8.01. The van der Waals surface area contributed by atoms with Crippen LogP contribution in [-0.4, -0.2) is 62.0 Å². The van der Waals surface area contributed by atoms with Crippen molar-refractivity contribution in [2.75, 3.05) is 39.9 Å². The number of methoxy groups -OCH3 is 1. The van der Waals surface area contributed by atoms with E-state index in [0.717, 1.165) is 6.54 Å². The zero-order valence-electron chi connectivity index (χ0n) is 10.6. The summed E-state index contributed by atoms with van der Waals surface area (Å²) >= 11 is 0. The number of aliphatic hydroxyl groups is 1. The molecule has 2 atom stereocenters. The monoisotopic (exact) mass is 230 g/mol. The van der Waals surface area contributed by atoms with Crippen molar-refractivity contribution in [3.63, 3.8) is 0 Å². The standard InChI is InChI=1S/C12H26N2O2/c1-11(14-6-4-3-5-7-14)8-13-9-12(15)10-16-2/h11-13,15H,3-10H2,1-2H3. The minimum Gasteiger partial charge on any atom is -0.389 e. The maximum Gasteiger partial charge on any atom is 0.0897 e. The Labute approximate surface area is 99.0 Å². The van der Waals surface area contributed by atoms with E-state index in [4.69, 9.17) is 4.74 Å². The van der Waals surface area contributed by atoms with Crippen molar-refractivity contribution in [2.45, 2.75) is 38.3 Å². The quantitative estimate of drug-likeness (QED) is 0.667. The minimum atomic E-state index is -0.390. The molecular weight excluding hydrogens is 204 g/mol. The van der Waals surface area contributed by atoms with Crippen LogP contribution in [0.3, 0.4) is 0 Å². The second-order valence-corrected chi connectivity index (χ2v) is 4.71. The number of piperidine rings is 1. The molecule has 2 unspecified atom stereocenters. The van der Waals surface area contributed by atoms with Gasteiger partial charge in [0.25, 0.3) is 0 Å². The van der Waals surface area contributed by atoms with Crippen LogP contribution in [0.15, 0.2) is 0 Å². The lowest BCUT2D eigenvalue weighted by Gasteiger charge is -2.32. The Hall–Kier alpha value is -0.160. The molecule has 0 aromatic heterocycles. The third kappa shape index (κ3) is 5.25. The average Bonchev–Trinajstić information content (AvgIpc) is 2.30. The zero-order valence-corrected chi connectivity index (χ0v) is 10.6. The maximum absolute atomic E-state index is 9.47. The Morgan fingerprint density at radius 3 is 2.56 bits per heavy atom. The normalized spacial score (nSPS) is 21.9. The first-order chi connectivity index (χ1) is 7.74. The fourth-order valence-corrected chi connectivity index (χ4v) is 2.20. The van der Waals surface area contributed by atoms with Crippen LogP contribution in [-0.2, 0) is 4.74 Å². The third-order valence-corrected chi connectivity index (χ3v) is 3.19. The third-order valence-electron chi connectivity index (χ3n) is 3.19. The molecule has 0 aromatic rings. The summed E-state index contributed by atoms with van der Waals surface area (Å²) in [6, 6.07) is 0.565. The molecule has 4 nitrogen and oxygen atoms in total. The van der Waals surface area contributed by atoms with Crippen LogP contribution in [0.1, 0.15) is 26.2 Å². The lowest BCUT2D eigenvalue weighted by Crippen LogP contribution is -2.44. The molecule has 1 aliphatic rings. The number of hydrogen-bond donors (Lipinski definition) is 2. The first-order valence-electron chi connectivity index (χ1n) is 6.35. The molecule has 2 N–H and O–H groups in total. The van der Waals surface area contributed by atoms with Gasteiger partial charge in [0.05, 0.1) is 12.7 Å². The molecule has 16 heavy (non-hydrogen) atoms. The predicted molar refractivity (Wildman–Crippen MR) is 65.6 cm³/mol. The van der Waals surface area contributed by atoms with Crippen LogP contribution in [0.5, 0.6) is 0 Å². The van der Waals surface area contributed by atoms with E-state index in [1.807, 2.05) is 0 Å². The summed E-state index contributed by atoms with van der Waals surface area (Å²) < 4.78 is 4.88. The Bertz CT molecular complexity index is 172. The van der Waals surface area contributed by atoms with E-state index in [-0.39, 0.29) is 0 Å². The fraction of sp³-hybridized carbons (Fsp3) is 1.00. The SMILES string of the molecule is COCC(O)CNCC(C)N1CCCCC1. The highest BCUT2D eigenvalue weighted by Gasteiger charge is 2.16. The van der Waals surface area contributed by atoms with Gasteiger partial charge in [0.2, 0.25) is 0 Å². The van der Waals surface area contributed by atoms with Crippen molar-refractivity contribution in [1.82, 2.24) is 10.2 Å². The maximum atomic E-state index is 9.47. The highest BCUT2D eigenvalue weighted by atomic mass is 16.5. The molecule has 0 bridgehead atoms. The summed E-state index contributed by atoms with van der Waals surface area (Å²) in [7, 11) is 1.61. The van der Waals surface area contributed by atoms with Gasteiger partial charge in [0.15, 0.2) is 0 Å². The van der Waals surface area contributed by atoms with Crippen molar-refractivity contribution in [1.29, 1.82) is 0 Å². The van der Waals surface area contributed by atoms with Crippen LogP contribution in [0.4, 0.5) is 0 Å². The van der Waals surface area contributed by atoms with Gasteiger partial charge in [-0.25, -0.2) is 0 Å². The summed E-state index contributed by atoms with van der Waals surface area (Å²) in [5.74, 6) is 0. The molecule has 0 aromatic carbocycles. The van der Waals surface area contributed by atoms with Crippen molar-refractivity contribution >= 4 is 0 Å². The van der Waals surface area contributed by atoms with Crippen molar-refractivity contribution in [3.8, 4) is 0 Å². The van der Waals surface area contributed by atoms with Gasteiger partial charge in [-0.2, -0.15) is 0 Å². The van der Waals surface area contributed by atoms with E-state index >= 15 is 0 Å². The zero-order chi connectivity index (χ0) is 11.8. The summed E-state index contributed by atoms with van der Waals surface area (Å²) in [6.07, 6.45) is 3.65. The molecular formula is C12H26N2O2. The van der Waals surface area contributed by atoms with E-state index in [1.54, 1.807) is 7.11 Å². The van der Waals surface area contributed by atoms with Gasteiger partial charge in [-0.15, -0.1) is 0 Å². The number of likely N-dealkylation sites (tertiary alicyclic amines) is 1. The lowest BCUT2D eigenvalue weighted by molar-refractivity contribution is 0.0627. The highest BCUT2D eigenvalue weighted by Crippen LogP contribution is 2.11. The second-order valence-electron chi connectivity index (χ2n) is 4.71. The number of ether oxygens (including phenoxy) is 1. The molecule has 1 rings (SSSR count). The molecule has 4 heteroatoms. The van der Waals surface area contributed by atoms with Gasteiger partial charge in [0, 0.05) is 26.2 Å². The van der Waals surface area contributed by atoms with Crippen LogP contribution in [0.25, 0.3) is 0 Å². The topological polar surface area (TPSA) is 44.7 Å². The molecule has 1 heterocycles. The summed E-state index contributed by atoms with van der Waals surface area (Å²) in [5, 5.41) is 12.8. The van der Waals surface area contributed by atoms with Crippen LogP contribution >= 0.6 is 0 Å². The van der Waals surface area contributed by atoms with E-state index in [1.165, 1.54) is 32.4 Å². The number of rotatable bonds is 7. The first-order valence-corrected chi connectivity index (χ1v) is 6.35. The lowest BCUT2D eigenvalue weighted by atomic mass is 10.1. The van der Waals surface area contributed by atoms with E-state index in [9.17, 15) is 5.11 Å². The number of nitrogens with one attached hydrogen (secondary N) is 1. The number of hydrogen-bond acceptors (Lipinski definition) is 4. The Balaban J connectivity index is 2.07. The van der Waals surface area contributed by atoms with Gasteiger partial charge in [-0.1, -0.05) is 6.42 Å². The highest BCUT2D eigenvalue weighted by molar-refractivity contribution is 4.73. The Morgan fingerprint density at radius 2 is 1.94 bits per heavy atom. The molecule has 0 aliphatic carbocycles. The van der Waals surface area contributed by atoms with Crippen LogP contribution in [0.2, 0.25) is 0 Å². The molecule has 1 saturated heterocycles. The molecule has 0 spiro atoms. The van der Waals surface area contributed by atoms with Gasteiger partial charge in [-0.05, 0) is 32.9 Å². The molecule has 1 aliphatic heterocycles. The van der Waals surface area contributed by atoms with Crippen LogP contribution < -0.4 is 5.32 Å². The van der Waals surface area contributed by atoms with E-state index < -0.39 is 6.10 Å². The fourth-order valence-electron chi connectivity index (χ4n) is 2.20. The molecule has 0 radical (unpaired) electrons. The molecule has 0 saturated carbocycles. The van der Waals surface area contributed by atoms with E-state index in [2.05, 4.69) is 17.1 Å². The summed E-state index contributed by atoms with van der Waals surface area (Å²) in [5.41, 5.74) is 0. The minimum absolute atomic E-state index is 0.390. The molecule has 0 amide bonds. The van der Waals surface area contributed by atoms with E-state index in [0.29, 0.717) is 19.2 Å². The van der Waals surface area contributed by atoms with Crippen molar-refractivity contribution < 1.29 is 9.84 Å². The smallest absolute Gasteiger partial charge is 0.0897 e. The largest absolute Gasteiger partial charge is 0.389 e. The summed E-state index contributed by atoms with van der Waals surface area (Å²) in [6.45, 7) is 6.67. The Morgan fingerprint density at radius 1 is 1.25 bits per heavy atom. The predicted octanol–water partition coefficient (Wildman–Crippen LogP) is 0.458.